The SMILES string of the molecule is CCNC(=NCC(O)c1ccccc1)NC1C2CCOC2C1(C)C.I. The molecule has 4 atom stereocenters. The van der Waals surface area contributed by atoms with Crippen LogP contribution in [0, 0.1) is 11.3 Å². The maximum absolute atomic E-state index is 10.3. The Kier molecular flexibility index (Phi) is 7.10. The largest absolute Gasteiger partial charge is 0.386 e. The summed E-state index contributed by atoms with van der Waals surface area (Å²) in [4.78, 5) is 4.59. The third-order valence-corrected chi connectivity index (χ3v) is 5.34. The number of aliphatic imine (C=N–C) groups is 1. The third-order valence-electron chi connectivity index (χ3n) is 5.34. The zero-order valence-electron chi connectivity index (χ0n) is 15.2. The van der Waals surface area contributed by atoms with Crippen LogP contribution in [0.25, 0.3) is 0 Å². The third kappa shape index (κ3) is 4.28. The van der Waals surface area contributed by atoms with Crippen molar-refractivity contribution in [1.82, 2.24) is 10.6 Å². The quantitative estimate of drug-likeness (QED) is 0.360. The molecular weight excluding hydrogens is 429 g/mol. The van der Waals surface area contributed by atoms with Crippen LogP contribution in [0.5, 0.6) is 0 Å². The van der Waals surface area contributed by atoms with Gasteiger partial charge in [-0.3, -0.25) is 4.99 Å². The van der Waals surface area contributed by atoms with E-state index in [0.717, 1.165) is 31.1 Å². The minimum atomic E-state index is -0.585. The van der Waals surface area contributed by atoms with Gasteiger partial charge in [-0.25, -0.2) is 0 Å². The topological polar surface area (TPSA) is 65.9 Å². The summed E-state index contributed by atoms with van der Waals surface area (Å²) >= 11 is 0. The van der Waals surface area contributed by atoms with Crippen molar-refractivity contribution in [2.75, 3.05) is 19.7 Å². The minimum Gasteiger partial charge on any atom is -0.386 e. The summed E-state index contributed by atoms with van der Waals surface area (Å²) in [6.45, 7) is 8.55. The molecular formula is C19H30IN3O2. The predicted molar refractivity (Wildman–Crippen MR) is 111 cm³/mol. The zero-order valence-corrected chi connectivity index (χ0v) is 17.6. The number of nitrogens with one attached hydrogen (secondary N) is 2. The summed E-state index contributed by atoms with van der Waals surface area (Å²) in [6, 6.07) is 10.0. The van der Waals surface area contributed by atoms with E-state index in [0.29, 0.717) is 24.6 Å². The molecule has 1 aliphatic heterocycles. The molecule has 0 radical (unpaired) electrons. The summed E-state index contributed by atoms with van der Waals surface area (Å²) in [5.74, 6) is 1.33. The normalized spacial score (nSPS) is 28.3. The maximum Gasteiger partial charge on any atom is 0.191 e. The zero-order chi connectivity index (χ0) is 17.2. The van der Waals surface area contributed by atoms with E-state index < -0.39 is 6.10 Å². The van der Waals surface area contributed by atoms with Crippen LogP contribution in [0.4, 0.5) is 0 Å². The van der Waals surface area contributed by atoms with Crippen LogP contribution in [0.1, 0.15) is 38.9 Å². The van der Waals surface area contributed by atoms with E-state index >= 15 is 0 Å². The molecule has 4 unspecified atom stereocenters. The molecule has 140 valence electrons. The van der Waals surface area contributed by atoms with E-state index in [2.05, 4.69) is 36.4 Å². The minimum absolute atomic E-state index is 0. The van der Waals surface area contributed by atoms with E-state index in [4.69, 9.17) is 4.74 Å². The van der Waals surface area contributed by atoms with Crippen LogP contribution < -0.4 is 10.6 Å². The molecule has 6 heteroatoms. The van der Waals surface area contributed by atoms with Crippen molar-refractivity contribution in [2.24, 2.45) is 16.3 Å². The molecule has 2 fully saturated rings. The van der Waals surface area contributed by atoms with Crippen LogP contribution in [0.3, 0.4) is 0 Å². The predicted octanol–water partition coefficient (Wildman–Crippen LogP) is 2.71. The summed E-state index contributed by atoms with van der Waals surface area (Å²) in [7, 11) is 0. The number of aliphatic hydroxyl groups excluding tert-OH is 1. The van der Waals surface area contributed by atoms with E-state index in [1.165, 1.54) is 0 Å². The van der Waals surface area contributed by atoms with Crippen molar-refractivity contribution >= 4 is 29.9 Å². The second-order valence-corrected chi connectivity index (χ2v) is 7.33. The molecule has 1 aromatic rings. The van der Waals surface area contributed by atoms with E-state index in [1.54, 1.807) is 0 Å². The van der Waals surface area contributed by atoms with Crippen molar-refractivity contribution in [3.05, 3.63) is 35.9 Å². The molecule has 1 aromatic carbocycles. The van der Waals surface area contributed by atoms with Gasteiger partial charge in [-0.2, -0.15) is 0 Å². The lowest BCUT2D eigenvalue weighted by Gasteiger charge is -2.54. The molecule has 5 nitrogen and oxygen atoms in total. The molecule has 2 aliphatic rings. The molecule has 3 N–H and O–H groups in total. The summed E-state index contributed by atoms with van der Waals surface area (Å²) in [6.07, 6.45) is 0.879. The Bertz CT molecular complexity index is 579. The van der Waals surface area contributed by atoms with Crippen LogP contribution in [-0.4, -0.2) is 42.9 Å². The molecule has 25 heavy (non-hydrogen) atoms. The maximum atomic E-state index is 10.3. The summed E-state index contributed by atoms with van der Waals surface area (Å²) < 4.78 is 5.85. The standard InChI is InChI=1S/C19H29N3O2.HI/c1-4-20-18(21-12-15(23)13-8-6-5-7-9-13)22-16-14-10-11-24-17(14)19(16,2)3;/h5-9,14-17,23H,4,10-12H2,1-3H3,(H2,20,21,22);1H. The van der Waals surface area contributed by atoms with E-state index in [9.17, 15) is 5.11 Å². The average molecular weight is 459 g/mol. The van der Waals surface area contributed by atoms with Crippen LogP contribution in [0.15, 0.2) is 35.3 Å². The number of benzene rings is 1. The van der Waals surface area contributed by atoms with Crippen molar-refractivity contribution in [3.63, 3.8) is 0 Å². The highest BCUT2D eigenvalue weighted by molar-refractivity contribution is 14.0. The van der Waals surface area contributed by atoms with Crippen molar-refractivity contribution < 1.29 is 9.84 Å². The van der Waals surface area contributed by atoms with Gasteiger partial charge in [-0.15, -0.1) is 24.0 Å². The van der Waals surface area contributed by atoms with Crippen LogP contribution in [0.2, 0.25) is 0 Å². The molecule has 0 amide bonds. The molecule has 1 saturated heterocycles. The van der Waals surface area contributed by atoms with Gasteiger partial charge in [0.1, 0.15) is 0 Å². The molecule has 0 aromatic heterocycles. The van der Waals surface area contributed by atoms with Gasteiger partial charge in [0.05, 0.1) is 18.8 Å². The van der Waals surface area contributed by atoms with E-state index in [1.807, 2.05) is 30.3 Å². The Morgan fingerprint density at radius 3 is 2.76 bits per heavy atom. The highest BCUT2D eigenvalue weighted by Crippen LogP contribution is 2.52. The number of nitrogens with zero attached hydrogens (tertiary/aromatic N) is 1. The van der Waals surface area contributed by atoms with Gasteiger partial charge in [-0.1, -0.05) is 44.2 Å². The molecule has 1 heterocycles. The lowest BCUT2D eigenvalue weighted by molar-refractivity contribution is -0.106. The summed E-state index contributed by atoms with van der Waals surface area (Å²) in [5, 5.41) is 17.2. The van der Waals surface area contributed by atoms with E-state index in [-0.39, 0.29) is 29.4 Å². The Morgan fingerprint density at radius 2 is 2.08 bits per heavy atom. The monoisotopic (exact) mass is 459 g/mol. The number of rotatable bonds is 5. The second kappa shape index (κ2) is 8.68. The molecule has 0 spiro atoms. The molecule has 1 aliphatic carbocycles. The first kappa shape index (κ1) is 20.5. The van der Waals surface area contributed by atoms with Gasteiger partial charge >= 0.3 is 0 Å². The van der Waals surface area contributed by atoms with Gasteiger partial charge < -0.3 is 20.5 Å². The first-order valence-corrected chi connectivity index (χ1v) is 8.93. The Hall–Kier alpha value is -0.860. The molecule has 1 saturated carbocycles. The van der Waals surface area contributed by atoms with Crippen molar-refractivity contribution in [1.29, 1.82) is 0 Å². The number of ether oxygens (including phenoxy) is 1. The first-order chi connectivity index (χ1) is 11.5. The number of guanidine groups is 1. The lowest BCUT2D eigenvalue weighted by Crippen LogP contribution is -2.68. The van der Waals surface area contributed by atoms with Crippen LogP contribution >= 0.6 is 24.0 Å². The Morgan fingerprint density at radius 1 is 1.36 bits per heavy atom. The number of halogens is 1. The van der Waals surface area contributed by atoms with Gasteiger partial charge in [0.15, 0.2) is 5.96 Å². The van der Waals surface area contributed by atoms with Gasteiger partial charge in [0.2, 0.25) is 0 Å². The van der Waals surface area contributed by atoms with Gasteiger partial charge in [-0.05, 0) is 18.9 Å². The van der Waals surface area contributed by atoms with Crippen molar-refractivity contribution in [2.45, 2.75) is 45.4 Å². The Balaban J connectivity index is 0.00000225. The van der Waals surface area contributed by atoms with Gasteiger partial charge in [0.25, 0.3) is 0 Å². The average Bonchev–Trinajstić information content (AvgIpc) is 3.05. The fourth-order valence-corrected chi connectivity index (χ4v) is 4.04. The molecule has 0 bridgehead atoms. The fourth-order valence-electron chi connectivity index (χ4n) is 4.04. The highest BCUT2D eigenvalue weighted by Gasteiger charge is 2.59. The first-order valence-electron chi connectivity index (χ1n) is 8.93. The van der Waals surface area contributed by atoms with Crippen LogP contribution in [-0.2, 0) is 4.74 Å². The Labute approximate surface area is 167 Å². The number of hydrogen-bond acceptors (Lipinski definition) is 3. The van der Waals surface area contributed by atoms with Crippen molar-refractivity contribution in [3.8, 4) is 0 Å². The molecule has 3 rings (SSSR count). The highest BCUT2D eigenvalue weighted by atomic mass is 127. The smallest absolute Gasteiger partial charge is 0.191 e. The number of fused-ring (bicyclic) bond motifs is 1. The number of hydrogen-bond donors (Lipinski definition) is 3. The van der Waals surface area contributed by atoms with Gasteiger partial charge in [0, 0.05) is 30.5 Å². The fraction of sp³-hybridized carbons (Fsp3) is 0.632. The number of aliphatic hydroxyl groups is 1. The lowest BCUT2D eigenvalue weighted by atomic mass is 9.57. The summed E-state index contributed by atoms with van der Waals surface area (Å²) in [5.41, 5.74) is 1.00. The second-order valence-electron chi connectivity index (χ2n) is 7.33.